The molecule has 2 nitrogen and oxygen atoms in total. The fourth-order valence-electron chi connectivity index (χ4n) is 3.85. The van der Waals surface area contributed by atoms with Gasteiger partial charge in [0.2, 0.25) is 0 Å². The maximum Gasteiger partial charge on any atom is 0.128 e. The Balaban J connectivity index is 2.43. The molecular weight excluding hydrogens is 263 g/mol. The van der Waals surface area contributed by atoms with E-state index < -0.39 is 0 Å². The van der Waals surface area contributed by atoms with Crippen molar-refractivity contribution >= 4 is 0 Å². The molecule has 0 amide bonds. The molecule has 1 saturated carbocycles. The van der Waals surface area contributed by atoms with Crippen LogP contribution in [-0.4, -0.2) is 31.6 Å². The second kappa shape index (κ2) is 6.45. The van der Waals surface area contributed by atoms with Crippen LogP contribution in [0.3, 0.4) is 0 Å². The van der Waals surface area contributed by atoms with E-state index in [2.05, 4.69) is 31.2 Å². The first kappa shape index (κ1) is 16.4. The van der Waals surface area contributed by atoms with Crippen molar-refractivity contribution in [1.82, 2.24) is 10.2 Å². The molecule has 1 aliphatic rings. The summed E-state index contributed by atoms with van der Waals surface area (Å²) in [5.74, 6) is 0.678. The highest BCUT2D eigenvalue weighted by Crippen LogP contribution is 2.44. The molecule has 1 atom stereocenters. The second-order valence-corrected chi connectivity index (χ2v) is 6.93. The van der Waals surface area contributed by atoms with Gasteiger partial charge in [-0.3, -0.25) is 0 Å². The number of nitrogens with zero attached hydrogens (tertiary/aromatic N) is 1. The quantitative estimate of drug-likeness (QED) is 0.905. The molecule has 2 rings (SSSR count). The van der Waals surface area contributed by atoms with E-state index in [0.29, 0.717) is 0 Å². The number of nitrogens with one attached hydrogen (secondary N) is 1. The summed E-state index contributed by atoms with van der Waals surface area (Å²) in [5, 5.41) is 3.41. The Kier molecular flexibility index (Phi) is 5.05. The van der Waals surface area contributed by atoms with E-state index in [1.54, 1.807) is 6.07 Å². The van der Waals surface area contributed by atoms with Crippen molar-refractivity contribution < 1.29 is 4.39 Å². The van der Waals surface area contributed by atoms with E-state index >= 15 is 0 Å². The average Bonchev–Trinajstić information content (AvgIpc) is 2.45. The lowest BCUT2D eigenvalue weighted by Crippen LogP contribution is -2.55. The fraction of sp³-hybridized carbons (Fsp3) is 0.667. The van der Waals surface area contributed by atoms with Crippen LogP contribution in [0.2, 0.25) is 0 Å². The van der Waals surface area contributed by atoms with Crippen LogP contribution in [0.5, 0.6) is 0 Å². The highest BCUT2D eigenvalue weighted by molar-refractivity contribution is 5.30. The predicted molar refractivity (Wildman–Crippen MR) is 87.0 cm³/mol. The molecule has 1 aromatic rings. The van der Waals surface area contributed by atoms with Gasteiger partial charge in [0.15, 0.2) is 0 Å². The first-order chi connectivity index (χ1) is 9.90. The highest BCUT2D eigenvalue weighted by Gasteiger charge is 2.43. The maximum absolute atomic E-state index is 14.4. The number of aryl methyl sites for hydroxylation is 1. The van der Waals surface area contributed by atoms with E-state index in [-0.39, 0.29) is 17.4 Å². The summed E-state index contributed by atoms with van der Waals surface area (Å²) in [5.41, 5.74) is 1.92. The number of hydrogen-bond donors (Lipinski definition) is 1. The number of halogens is 1. The average molecular weight is 292 g/mol. The Labute approximate surface area is 128 Å². The van der Waals surface area contributed by atoms with Crippen molar-refractivity contribution in [2.24, 2.45) is 5.92 Å². The molecule has 3 heteroatoms. The second-order valence-electron chi connectivity index (χ2n) is 6.93. The van der Waals surface area contributed by atoms with Crippen LogP contribution >= 0.6 is 0 Å². The van der Waals surface area contributed by atoms with Crippen LogP contribution in [0, 0.1) is 18.7 Å². The Morgan fingerprint density at radius 2 is 1.90 bits per heavy atom. The van der Waals surface area contributed by atoms with E-state index in [9.17, 15) is 4.39 Å². The number of hydrogen-bond acceptors (Lipinski definition) is 2. The summed E-state index contributed by atoms with van der Waals surface area (Å²) >= 11 is 0. The van der Waals surface area contributed by atoms with E-state index in [1.165, 1.54) is 12.8 Å². The van der Waals surface area contributed by atoms with Gasteiger partial charge in [-0.2, -0.15) is 0 Å². The first-order valence-electron chi connectivity index (χ1n) is 8.01. The zero-order chi connectivity index (χ0) is 15.6. The summed E-state index contributed by atoms with van der Waals surface area (Å²) in [4.78, 5) is 2.31. The van der Waals surface area contributed by atoms with E-state index in [4.69, 9.17) is 0 Å². The van der Waals surface area contributed by atoms with Gasteiger partial charge in [-0.05, 0) is 65.7 Å². The van der Waals surface area contributed by atoms with E-state index in [0.717, 1.165) is 29.9 Å². The number of likely N-dealkylation sites (N-methyl/N-ethyl adjacent to an activating group) is 2. The standard InChI is InChI=1S/C18H29FN2/c1-13-8-10-18(11-9-13,21(4)5)17(20-3)15-12-14(2)6-7-16(15)19/h6-7,12-13,17,20H,8-11H2,1-5H3. The Hall–Kier alpha value is -0.930. The van der Waals surface area contributed by atoms with Crippen LogP contribution < -0.4 is 5.32 Å². The van der Waals surface area contributed by atoms with E-state index in [1.807, 2.05) is 26.1 Å². The minimum absolute atomic E-state index is 0.00407. The van der Waals surface area contributed by atoms with Crippen molar-refractivity contribution in [3.05, 3.63) is 35.1 Å². The molecule has 21 heavy (non-hydrogen) atoms. The molecular formula is C18H29FN2. The summed E-state index contributed by atoms with van der Waals surface area (Å²) in [6.07, 6.45) is 4.65. The normalized spacial score (nSPS) is 27.9. The topological polar surface area (TPSA) is 15.3 Å². The van der Waals surface area contributed by atoms with Gasteiger partial charge >= 0.3 is 0 Å². The minimum Gasteiger partial charge on any atom is -0.311 e. The van der Waals surface area contributed by atoms with Crippen molar-refractivity contribution in [2.75, 3.05) is 21.1 Å². The van der Waals surface area contributed by atoms with Gasteiger partial charge < -0.3 is 10.2 Å². The van der Waals surface area contributed by atoms with Crippen LogP contribution in [0.15, 0.2) is 18.2 Å². The lowest BCUT2D eigenvalue weighted by atomic mass is 9.70. The van der Waals surface area contributed by atoms with Crippen LogP contribution in [-0.2, 0) is 0 Å². The Morgan fingerprint density at radius 3 is 2.43 bits per heavy atom. The zero-order valence-corrected chi connectivity index (χ0v) is 14.0. The third-order valence-electron chi connectivity index (χ3n) is 5.32. The lowest BCUT2D eigenvalue weighted by molar-refractivity contribution is 0.0443. The molecule has 0 saturated heterocycles. The van der Waals surface area contributed by atoms with Gasteiger partial charge in [0.1, 0.15) is 5.82 Å². The van der Waals surface area contributed by atoms with Crippen LogP contribution in [0.1, 0.15) is 49.8 Å². The molecule has 1 unspecified atom stereocenters. The van der Waals surface area contributed by atoms with Crippen LogP contribution in [0.25, 0.3) is 0 Å². The van der Waals surface area contributed by atoms with Gasteiger partial charge in [-0.15, -0.1) is 0 Å². The maximum atomic E-state index is 14.4. The Morgan fingerprint density at radius 1 is 1.29 bits per heavy atom. The summed E-state index contributed by atoms with van der Waals surface area (Å²) in [6, 6.07) is 5.47. The molecule has 1 aromatic carbocycles. The molecule has 1 fully saturated rings. The predicted octanol–water partition coefficient (Wildman–Crippen LogP) is 3.91. The number of benzene rings is 1. The first-order valence-corrected chi connectivity index (χ1v) is 8.01. The molecule has 1 N–H and O–H groups in total. The monoisotopic (exact) mass is 292 g/mol. The highest BCUT2D eigenvalue weighted by atomic mass is 19.1. The molecule has 118 valence electrons. The Bertz CT molecular complexity index is 476. The molecule has 0 radical (unpaired) electrons. The van der Waals surface area contributed by atoms with Crippen molar-refractivity contribution in [3.63, 3.8) is 0 Å². The van der Waals surface area contributed by atoms with Gasteiger partial charge in [0, 0.05) is 11.1 Å². The summed E-state index contributed by atoms with van der Waals surface area (Å²) in [7, 11) is 6.22. The van der Waals surface area contributed by atoms with Gasteiger partial charge in [-0.1, -0.05) is 24.6 Å². The fourth-order valence-corrected chi connectivity index (χ4v) is 3.85. The van der Waals surface area contributed by atoms with Crippen molar-refractivity contribution in [3.8, 4) is 0 Å². The molecule has 1 aliphatic carbocycles. The van der Waals surface area contributed by atoms with Gasteiger partial charge in [0.05, 0.1) is 6.04 Å². The van der Waals surface area contributed by atoms with Gasteiger partial charge in [-0.25, -0.2) is 4.39 Å². The molecule has 0 bridgehead atoms. The van der Waals surface area contributed by atoms with Crippen LogP contribution in [0.4, 0.5) is 4.39 Å². The number of rotatable bonds is 4. The smallest absolute Gasteiger partial charge is 0.128 e. The third kappa shape index (κ3) is 3.14. The van der Waals surface area contributed by atoms with Crippen molar-refractivity contribution in [1.29, 1.82) is 0 Å². The summed E-state index contributed by atoms with van der Waals surface area (Å²) < 4.78 is 14.4. The SMILES string of the molecule is CNC(c1cc(C)ccc1F)C1(N(C)C)CCC(C)CC1. The molecule has 0 aromatic heterocycles. The zero-order valence-electron chi connectivity index (χ0n) is 14.0. The summed E-state index contributed by atoms with van der Waals surface area (Å²) in [6.45, 7) is 4.35. The molecule has 0 aliphatic heterocycles. The largest absolute Gasteiger partial charge is 0.311 e. The van der Waals surface area contributed by atoms with Gasteiger partial charge in [0.25, 0.3) is 0 Å². The lowest BCUT2D eigenvalue weighted by Gasteiger charge is -2.50. The molecule has 0 spiro atoms. The molecule has 0 heterocycles. The third-order valence-corrected chi connectivity index (χ3v) is 5.32. The van der Waals surface area contributed by atoms with Crippen molar-refractivity contribution in [2.45, 2.75) is 51.1 Å². The minimum atomic E-state index is -0.0974.